The van der Waals surface area contributed by atoms with Crippen LogP contribution < -0.4 is 4.90 Å². The first kappa shape index (κ1) is 19.2. The molecular formula is C22H22N4O2. The maximum absolute atomic E-state index is 12.7. The molecule has 0 fully saturated rings. The third-order valence-corrected chi connectivity index (χ3v) is 4.47. The lowest BCUT2D eigenvalue weighted by Crippen LogP contribution is -2.31. The van der Waals surface area contributed by atoms with E-state index in [1.165, 1.54) is 4.90 Å². The zero-order valence-corrected chi connectivity index (χ0v) is 15.9. The lowest BCUT2D eigenvalue weighted by Gasteiger charge is -2.19. The minimum atomic E-state index is -0.264. The van der Waals surface area contributed by atoms with Crippen molar-refractivity contribution in [1.29, 1.82) is 0 Å². The van der Waals surface area contributed by atoms with E-state index in [4.69, 9.17) is 0 Å². The van der Waals surface area contributed by atoms with Gasteiger partial charge in [0, 0.05) is 38.7 Å². The summed E-state index contributed by atoms with van der Waals surface area (Å²) in [6.45, 7) is 0.548. The molecule has 0 aliphatic rings. The van der Waals surface area contributed by atoms with Crippen molar-refractivity contribution in [2.75, 3.05) is 25.5 Å². The summed E-state index contributed by atoms with van der Waals surface area (Å²) in [5, 5.41) is 0. The minimum absolute atomic E-state index is 0.217. The molecule has 0 bridgehead atoms. The molecule has 2 aromatic heterocycles. The molecule has 3 aromatic rings. The summed E-state index contributed by atoms with van der Waals surface area (Å²) < 4.78 is 0. The van der Waals surface area contributed by atoms with E-state index in [2.05, 4.69) is 9.97 Å². The maximum Gasteiger partial charge on any atom is 0.276 e. The molecule has 142 valence electrons. The fraction of sp³-hybridized carbons (Fsp3) is 0.182. The van der Waals surface area contributed by atoms with Crippen molar-refractivity contribution < 1.29 is 9.59 Å². The molecule has 0 aliphatic heterocycles. The molecule has 6 heteroatoms. The molecule has 0 radical (unpaired) electrons. The number of amides is 2. The number of pyridine rings is 2. The summed E-state index contributed by atoms with van der Waals surface area (Å²) in [6, 6.07) is 18.1. The van der Waals surface area contributed by atoms with E-state index in [9.17, 15) is 9.59 Å². The van der Waals surface area contributed by atoms with Gasteiger partial charge in [0.1, 0.15) is 11.4 Å². The van der Waals surface area contributed by atoms with Crippen molar-refractivity contribution in [2.45, 2.75) is 6.42 Å². The normalized spacial score (nSPS) is 10.4. The molecule has 0 spiro atoms. The van der Waals surface area contributed by atoms with Gasteiger partial charge in [-0.15, -0.1) is 0 Å². The lowest BCUT2D eigenvalue weighted by molar-refractivity contribution is 0.0790. The van der Waals surface area contributed by atoms with E-state index in [0.29, 0.717) is 6.54 Å². The number of anilines is 1. The van der Waals surface area contributed by atoms with E-state index in [0.717, 1.165) is 17.7 Å². The van der Waals surface area contributed by atoms with Crippen molar-refractivity contribution in [1.82, 2.24) is 14.9 Å². The highest BCUT2D eigenvalue weighted by Crippen LogP contribution is 2.14. The SMILES string of the molecule is CN(CCc1ccncc1)C(=O)c1cccc(C(=O)N(C)c2ccccc2)n1. The Bertz CT molecular complexity index is 945. The number of para-hydroxylation sites is 1. The Kier molecular flexibility index (Phi) is 6.11. The van der Waals surface area contributed by atoms with Crippen LogP contribution in [0.4, 0.5) is 5.69 Å². The third-order valence-electron chi connectivity index (χ3n) is 4.47. The molecule has 28 heavy (non-hydrogen) atoms. The number of carbonyl (C=O) groups is 2. The Morgan fingerprint density at radius 3 is 2.14 bits per heavy atom. The standard InChI is InChI=1S/C22H22N4O2/c1-25(16-13-17-11-14-23-15-12-17)21(27)19-9-6-10-20(24-19)22(28)26(2)18-7-4-3-5-8-18/h3-12,14-15H,13,16H2,1-2H3. The quantitative estimate of drug-likeness (QED) is 0.665. The van der Waals surface area contributed by atoms with Gasteiger partial charge in [-0.1, -0.05) is 24.3 Å². The van der Waals surface area contributed by atoms with E-state index >= 15 is 0 Å². The molecule has 0 unspecified atom stereocenters. The summed E-state index contributed by atoms with van der Waals surface area (Å²) in [5.41, 5.74) is 2.36. The summed E-state index contributed by atoms with van der Waals surface area (Å²) >= 11 is 0. The van der Waals surface area contributed by atoms with Gasteiger partial charge in [0.05, 0.1) is 0 Å². The Hall–Kier alpha value is -3.54. The summed E-state index contributed by atoms with van der Waals surface area (Å²) in [6.07, 6.45) is 4.19. The van der Waals surface area contributed by atoms with Gasteiger partial charge in [-0.3, -0.25) is 14.6 Å². The highest BCUT2D eigenvalue weighted by molar-refractivity contribution is 6.05. The second-order valence-electron chi connectivity index (χ2n) is 6.44. The number of benzene rings is 1. The predicted molar refractivity (Wildman–Crippen MR) is 108 cm³/mol. The van der Waals surface area contributed by atoms with Crippen molar-refractivity contribution in [3.05, 3.63) is 90.0 Å². The van der Waals surface area contributed by atoms with Gasteiger partial charge in [-0.25, -0.2) is 4.98 Å². The Labute approximate surface area is 164 Å². The van der Waals surface area contributed by atoms with Crippen molar-refractivity contribution >= 4 is 17.5 Å². The second-order valence-corrected chi connectivity index (χ2v) is 6.44. The lowest BCUT2D eigenvalue weighted by atomic mass is 10.2. The van der Waals surface area contributed by atoms with Crippen molar-refractivity contribution in [2.24, 2.45) is 0 Å². The van der Waals surface area contributed by atoms with Crippen molar-refractivity contribution in [3.8, 4) is 0 Å². The fourth-order valence-corrected chi connectivity index (χ4v) is 2.76. The van der Waals surface area contributed by atoms with Gasteiger partial charge in [0.25, 0.3) is 11.8 Å². The average Bonchev–Trinajstić information content (AvgIpc) is 2.77. The molecule has 0 saturated heterocycles. The molecule has 0 N–H and O–H groups in total. The molecular weight excluding hydrogens is 352 g/mol. The van der Waals surface area contributed by atoms with Crippen LogP contribution in [0, 0.1) is 0 Å². The van der Waals surface area contributed by atoms with Gasteiger partial charge < -0.3 is 9.80 Å². The van der Waals surface area contributed by atoms with Crippen LogP contribution in [-0.4, -0.2) is 47.3 Å². The van der Waals surface area contributed by atoms with Gasteiger partial charge in [0.2, 0.25) is 0 Å². The van der Waals surface area contributed by atoms with Crippen LogP contribution in [0.15, 0.2) is 73.1 Å². The monoisotopic (exact) mass is 374 g/mol. The van der Waals surface area contributed by atoms with Crippen LogP contribution in [0.2, 0.25) is 0 Å². The molecule has 2 amide bonds. The highest BCUT2D eigenvalue weighted by Gasteiger charge is 2.18. The predicted octanol–water partition coefficient (Wildman–Crippen LogP) is 3.07. The first-order chi connectivity index (χ1) is 13.6. The number of hydrogen-bond donors (Lipinski definition) is 0. The highest BCUT2D eigenvalue weighted by atomic mass is 16.2. The smallest absolute Gasteiger partial charge is 0.276 e. The van der Waals surface area contributed by atoms with E-state index in [1.54, 1.807) is 49.6 Å². The van der Waals surface area contributed by atoms with Crippen LogP contribution in [0.5, 0.6) is 0 Å². The molecule has 2 heterocycles. The van der Waals surface area contributed by atoms with Gasteiger partial charge >= 0.3 is 0 Å². The largest absolute Gasteiger partial charge is 0.340 e. The number of hydrogen-bond acceptors (Lipinski definition) is 4. The summed E-state index contributed by atoms with van der Waals surface area (Å²) in [5.74, 6) is -0.480. The number of likely N-dealkylation sites (N-methyl/N-ethyl adjacent to an activating group) is 1. The van der Waals surface area contributed by atoms with E-state index < -0.39 is 0 Å². The topological polar surface area (TPSA) is 66.4 Å². The first-order valence-electron chi connectivity index (χ1n) is 9.01. The average molecular weight is 374 g/mol. The molecule has 0 atom stereocenters. The van der Waals surface area contributed by atoms with Crippen LogP contribution >= 0.6 is 0 Å². The van der Waals surface area contributed by atoms with Crippen LogP contribution in [0.3, 0.4) is 0 Å². The summed E-state index contributed by atoms with van der Waals surface area (Å²) in [7, 11) is 3.42. The van der Waals surface area contributed by atoms with Gasteiger partial charge in [-0.2, -0.15) is 0 Å². The van der Waals surface area contributed by atoms with Gasteiger partial charge in [-0.05, 0) is 48.4 Å². The van der Waals surface area contributed by atoms with E-state index in [1.807, 2.05) is 42.5 Å². The second kappa shape index (κ2) is 8.90. The Balaban J connectivity index is 1.69. The van der Waals surface area contributed by atoms with Crippen LogP contribution in [0.25, 0.3) is 0 Å². The van der Waals surface area contributed by atoms with E-state index in [-0.39, 0.29) is 23.2 Å². The molecule has 6 nitrogen and oxygen atoms in total. The van der Waals surface area contributed by atoms with Gasteiger partial charge in [0.15, 0.2) is 0 Å². The molecule has 3 rings (SSSR count). The fourth-order valence-electron chi connectivity index (χ4n) is 2.76. The minimum Gasteiger partial charge on any atom is -0.340 e. The number of rotatable bonds is 6. The molecule has 1 aromatic carbocycles. The first-order valence-corrected chi connectivity index (χ1v) is 9.01. The van der Waals surface area contributed by atoms with Crippen molar-refractivity contribution in [3.63, 3.8) is 0 Å². The molecule has 0 aliphatic carbocycles. The number of nitrogens with zero attached hydrogens (tertiary/aromatic N) is 4. The van der Waals surface area contributed by atoms with Crippen LogP contribution in [0.1, 0.15) is 26.5 Å². The number of carbonyl (C=O) groups excluding carboxylic acids is 2. The Morgan fingerprint density at radius 1 is 0.821 bits per heavy atom. The Morgan fingerprint density at radius 2 is 1.46 bits per heavy atom. The summed E-state index contributed by atoms with van der Waals surface area (Å²) in [4.78, 5) is 36.9. The number of aromatic nitrogens is 2. The van der Waals surface area contributed by atoms with Crippen LogP contribution in [-0.2, 0) is 6.42 Å². The maximum atomic E-state index is 12.7. The zero-order valence-electron chi connectivity index (χ0n) is 15.9. The molecule has 0 saturated carbocycles. The third kappa shape index (κ3) is 4.59. The zero-order chi connectivity index (χ0) is 19.9.